The molecule has 120 valence electrons. The van der Waals surface area contributed by atoms with Crippen molar-refractivity contribution in [3.63, 3.8) is 0 Å². The zero-order chi connectivity index (χ0) is 16.6. The van der Waals surface area contributed by atoms with Crippen molar-refractivity contribution in [3.05, 3.63) is 58.7 Å². The summed E-state index contributed by atoms with van der Waals surface area (Å²) >= 11 is 0. The van der Waals surface area contributed by atoms with Gasteiger partial charge in [-0.05, 0) is 43.5 Å². The molecule has 3 rings (SSSR count). The van der Waals surface area contributed by atoms with Gasteiger partial charge in [-0.15, -0.1) is 0 Å². The van der Waals surface area contributed by atoms with Crippen molar-refractivity contribution in [2.45, 2.75) is 20.3 Å². The molecule has 0 saturated heterocycles. The van der Waals surface area contributed by atoms with E-state index < -0.39 is 11.6 Å². The van der Waals surface area contributed by atoms with E-state index in [1.807, 2.05) is 32.0 Å². The number of nitrogens with zero attached hydrogens (tertiary/aromatic N) is 1. The lowest BCUT2D eigenvalue weighted by molar-refractivity contribution is -0.120. The maximum atomic E-state index is 13.7. The number of hydrogen-bond acceptors (Lipinski definition) is 2. The molecule has 0 bridgehead atoms. The predicted octanol–water partition coefficient (Wildman–Crippen LogP) is 3.55. The standard InChI is InChI=1S/C18H17F2NO2/c1-11-3-4-12(2)17(7-11)23-10-18(22)21-6-5-14-15(20)8-13(19)9-16(14)21/h3-4,7-9H,5-6,10H2,1-2H3. The monoisotopic (exact) mass is 317 g/mol. The Morgan fingerprint density at radius 2 is 2.00 bits per heavy atom. The van der Waals surface area contributed by atoms with E-state index in [1.54, 1.807) is 0 Å². The van der Waals surface area contributed by atoms with Gasteiger partial charge in [0.15, 0.2) is 6.61 Å². The van der Waals surface area contributed by atoms with Crippen LogP contribution in [0.4, 0.5) is 14.5 Å². The molecule has 2 aromatic carbocycles. The maximum Gasteiger partial charge on any atom is 0.264 e. The molecule has 0 saturated carbocycles. The van der Waals surface area contributed by atoms with Crippen LogP contribution >= 0.6 is 0 Å². The molecule has 0 unspecified atom stereocenters. The molecule has 0 N–H and O–H groups in total. The van der Waals surface area contributed by atoms with Gasteiger partial charge in [0.25, 0.3) is 5.91 Å². The molecule has 1 aliphatic heterocycles. The van der Waals surface area contributed by atoms with Crippen molar-refractivity contribution in [1.82, 2.24) is 0 Å². The van der Waals surface area contributed by atoms with Crippen LogP contribution in [0, 0.1) is 25.5 Å². The quantitative estimate of drug-likeness (QED) is 0.866. The lowest BCUT2D eigenvalue weighted by Crippen LogP contribution is -2.33. The smallest absolute Gasteiger partial charge is 0.264 e. The van der Waals surface area contributed by atoms with E-state index in [4.69, 9.17) is 4.74 Å². The zero-order valence-electron chi connectivity index (χ0n) is 13.0. The Labute approximate surface area is 133 Å². The normalized spacial score (nSPS) is 13.1. The van der Waals surface area contributed by atoms with Crippen molar-refractivity contribution >= 4 is 11.6 Å². The molecule has 0 fully saturated rings. The summed E-state index contributed by atoms with van der Waals surface area (Å²) in [5.74, 6) is -0.958. The van der Waals surface area contributed by atoms with Crippen LogP contribution in [-0.2, 0) is 11.2 Å². The van der Waals surface area contributed by atoms with Gasteiger partial charge >= 0.3 is 0 Å². The highest BCUT2D eigenvalue weighted by molar-refractivity contribution is 5.96. The summed E-state index contributed by atoms with van der Waals surface area (Å²) in [6.45, 7) is 4.01. The van der Waals surface area contributed by atoms with Gasteiger partial charge in [0.2, 0.25) is 0 Å². The summed E-state index contributed by atoms with van der Waals surface area (Å²) in [4.78, 5) is 13.7. The number of carbonyl (C=O) groups is 1. The summed E-state index contributed by atoms with van der Waals surface area (Å²) in [5, 5.41) is 0. The Balaban J connectivity index is 1.75. The highest BCUT2D eigenvalue weighted by Gasteiger charge is 2.28. The van der Waals surface area contributed by atoms with Crippen LogP contribution in [0.25, 0.3) is 0 Å². The number of rotatable bonds is 3. The van der Waals surface area contributed by atoms with Gasteiger partial charge in [-0.2, -0.15) is 0 Å². The molecule has 0 aliphatic carbocycles. The molecular formula is C18H17F2NO2. The highest BCUT2D eigenvalue weighted by atomic mass is 19.1. The second-order valence-electron chi connectivity index (χ2n) is 5.74. The molecular weight excluding hydrogens is 300 g/mol. The minimum absolute atomic E-state index is 0.165. The fraction of sp³-hybridized carbons (Fsp3) is 0.278. The van der Waals surface area contributed by atoms with Gasteiger partial charge in [-0.3, -0.25) is 4.79 Å². The molecule has 1 amide bonds. The number of halogens is 2. The summed E-state index contributed by atoms with van der Waals surface area (Å²) < 4.78 is 32.7. The number of ether oxygens (including phenoxy) is 1. The van der Waals surface area contributed by atoms with Gasteiger partial charge < -0.3 is 9.64 Å². The van der Waals surface area contributed by atoms with Crippen molar-refractivity contribution in [2.75, 3.05) is 18.1 Å². The molecule has 3 nitrogen and oxygen atoms in total. The lowest BCUT2D eigenvalue weighted by atomic mass is 10.1. The molecule has 0 aromatic heterocycles. The Morgan fingerprint density at radius 3 is 2.78 bits per heavy atom. The molecule has 0 atom stereocenters. The maximum absolute atomic E-state index is 13.7. The van der Waals surface area contributed by atoms with E-state index in [2.05, 4.69) is 0 Å². The van der Waals surface area contributed by atoms with Gasteiger partial charge in [-0.25, -0.2) is 8.78 Å². The summed E-state index contributed by atoms with van der Waals surface area (Å²) in [6.07, 6.45) is 0.386. The number of hydrogen-bond donors (Lipinski definition) is 0. The SMILES string of the molecule is Cc1ccc(C)c(OCC(=O)N2CCc3c(F)cc(F)cc32)c1. The average Bonchev–Trinajstić information content (AvgIpc) is 2.92. The number of anilines is 1. The molecule has 5 heteroatoms. The van der Waals surface area contributed by atoms with Crippen LogP contribution < -0.4 is 9.64 Å². The number of benzene rings is 2. The third-order valence-corrected chi connectivity index (χ3v) is 4.01. The van der Waals surface area contributed by atoms with E-state index in [9.17, 15) is 13.6 Å². The number of amides is 1. The molecule has 1 heterocycles. The van der Waals surface area contributed by atoms with Crippen LogP contribution in [0.1, 0.15) is 16.7 Å². The van der Waals surface area contributed by atoms with E-state index in [-0.39, 0.29) is 12.5 Å². The Morgan fingerprint density at radius 1 is 1.22 bits per heavy atom. The first kappa shape index (κ1) is 15.5. The average molecular weight is 317 g/mol. The van der Waals surface area contributed by atoms with Crippen molar-refractivity contribution < 1.29 is 18.3 Å². The first-order valence-electron chi connectivity index (χ1n) is 7.44. The van der Waals surface area contributed by atoms with Gasteiger partial charge in [0.05, 0.1) is 5.69 Å². The Hall–Kier alpha value is -2.43. The molecule has 2 aromatic rings. The highest BCUT2D eigenvalue weighted by Crippen LogP contribution is 2.31. The summed E-state index contributed by atoms with van der Waals surface area (Å²) in [6, 6.07) is 7.79. The van der Waals surface area contributed by atoms with Crippen molar-refractivity contribution in [1.29, 1.82) is 0 Å². The fourth-order valence-corrected chi connectivity index (χ4v) is 2.76. The summed E-state index contributed by atoms with van der Waals surface area (Å²) in [5.41, 5.74) is 2.65. The molecule has 0 radical (unpaired) electrons. The zero-order valence-corrected chi connectivity index (χ0v) is 13.0. The predicted molar refractivity (Wildman–Crippen MR) is 83.8 cm³/mol. The Bertz CT molecular complexity index is 774. The lowest BCUT2D eigenvalue weighted by Gasteiger charge is -2.18. The van der Waals surface area contributed by atoms with Crippen LogP contribution in [-0.4, -0.2) is 19.1 Å². The first-order chi connectivity index (χ1) is 11.0. The Kier molecular flexibility index (Phi) is 4.03. The van der Waals surface area contributed by atoms with E-state index >= 15 is 0 Å². The van der Waals surface area contributed by atoms with Gasteiger partial charge in [0, 0.05) is 18.2 Å². The van der Waals surface area contributed by atoms with Gasteiger partial charge in [-0.1, -0.05) is 12.1 Å². The number of fused-ring (bicyclic) bond motifs is 1. The second-order valence-corrected chi connectivity index (χ2v) is 5.74. The largest absolute Gasteiger partial charge is 0.483 e. The topological polar surface area (TPSA) is 29.5 Å². The third kappa shape index (κ3) is 3.04. The van der Waals surface area contributed by atoms with E-state index in [0.717, 1.165) is 17.2 Å². The molecule has 0 spiro atoms. The fourth-order valence-electron chi connectivity index (χ4n) is 2.76. The minimum Gasteiger partial charge on any atom is -0.483 e. The molecule has 1 aliphatic rings. The number of carbonyl (C=O) groups excluding carboxylic acids is 1. The second kappa shape index (κ2) is 5.99. The van der Waals surface area contributed by atoms with Gasteiger partial charge in [0.1, 0.15) is 17.4 Å². The van der Waals surface area contributed by atoms with Crippen molar-refractivity contribution in [3.8, 4) is 5.75 Å². The third-order valence-electron chi connectivity index (χ3n) is 4.01. The summed E-state index contributed by atoms with van der Waals surface area (Å²) in [7, 11) is 0. The number of aryl methyl sites for hydroxylation is 2. The van der Waals surface area contributed by atoms with Crippen LogP contribution in [0.5, 0.6) is 5.75 Å². The minimum atomic E-state index is -0.684. The first-order valence-corrected chi connectivity index (χ1v) is 7.44. The van der Waals surface area contributed by atoms with Crippen LogP contribution in [0.2, 0.25) is 0 Å². The van der Waals surface area contributed by atoms with Crippen molar-refractivity contribution in [2.24, 2.45) is 0 Å². The molecule has 23 heavy (non-hydrogen) atoms. The van der Waals surface area contributed by atoms with E-state index in [1.165, 1.54) is 11.0 Å². The van der Waals surface area contributed by atoms with E-state index in [0.29, 0.717) is 30.0 Å². The van der Waals surface area contributed by atoms with Crippen LogP contribution in [0.15, 0.2) is 30.3 Å². The van der Waals surface area contributed by atoms with Crippen LogP contribution in [0.3, 0.4) is 0 Å².